The van der Waals surface area contributed by atoms with E-state index in [2.05, 4.69) is 0 Å². The van der Waals surface area contributed by atoms with Crippen LogP contribution in [0, 0.1) is 0 Å². The molecule has 1 aliphatic heterocycles. The van der Waals surface area contributed by atoms with E-state index in [1.54, 1.807) is 30.3 Å². The molecule has 0 radical (unpaired) electrons. The quantitative estimate of drug-likeness (QED) is 0.806. The van der Waals surface area contributed by atoms with Crippen molar-refractivity contribution in [1.82, 2.24) is 4.90 Å². The van der Waals surface area contributed by atoms with Crippen molar-refractivity contribution < 1.29 is 27.9 Å². The van der Waals surface area contributed by atoms with Crippen LogP contribution in [0.1, 0.15) is 5.56 Å². The molecule has 0 saturated carbocycles. The highest BCUT2D eigenvalue weighted by molar-refractivity contribution is 7.92. The van der Waals surface area contributed by atoms with Gasteiger partial charge >= 0.3 is 5.97 Å². The lowest BCUT2D eigenvalue weighted by Crippen LogP contribution is -2.53. The average molecular weight is 341 g/mol. The van der Waals surface area contributed by atoms with Gasteiger partial charge in [-0.25, -0.2) is 13.2 Å². The van der Waals surface area contributed by atoms with E-state index >= 15 is 0 Å². The van der Waals surface area contributed by atoms with E-state index in [9.17, 15) is 18.0 Å². The zero-order chi connectivity index (χ0) is 17.0. The van der Waals surface area contributed by atoms with Crippen molar-refractivity contribution in [2.45, 2.75) is 17.8 Å². The smallest absolute Gasteiger partial charge is 0.334 e. The molecule has 1 fully saturated rings. The largest absolute Gasteiger partial charge is 0.479 e. The maximum Gasteiger partial charge on any atom is 0.334 e. The summed E-state index contributed by atoms with van der Waals surface area (Å²) in [6.45, 7) is 0.114. The lowest BCUT2D eigenvalue weighted by Gasteiger charge is -2.33. The van der Waals surface area contributed by atoms with Crippen molar-refractivity contribution in [3.05, 3.63) is 35.9 Å². The summed E-state index contributed by atoms with van der Waals surface area (Å²) in [6.07, 6.45) is -0.0362. The second kappa shape index (κ2) is 7.10. The molecule has 7 nitrogen and oxygen atoms in total. The minimum atomic E-state index is -3.63. The lowest BCUT2D eigenvalue weighted by molar-refractivity contribution is -0.159. The van der Waals surface area contributed by atoms with Gasteiger partial charge in [-0.2, -0.15) is 0 Å². The molecule has 1 aromatic rings. The van der Waals surface area contributed by atoms with Crippen molar-refractivity contribution in [1.29, 1.82) is 0 Å². The molecule has 126 valence electrons. The van der Waals surface area contributed by atoms with Gasteiger partial charge in [-0.15, -0.1) is 0 Å². The lowest BCUT2D eigenvalue weighted by atomic mass is 10.1. The highest BCUT2D eigenvalue weighted by Crippen LogP contribution is 2.15. The molecule has 0 aliphatic carbocycles. The molecule has 8 heteroatoms. The summed E-state index contributed by atoms with van der Waals surface area (Å²) < 4.78 is 29.1. The van der Waals surface area contributed by atoms with Crippen LogP contribution >= 0.6 is 0 Å². The number of hydrogen-bond acceptors (Lipinski definition) is 5. The SMILES string of the molecule is CS(=O)(=O)[C@@H](Cc1ccccc1)C(=O)N1CCO[C@@H](C(=O)O)C1. The first kappa shape index (κ1) is 17.4. The number of carboxylic acid groups (broad SMARTS) is 1. The van der Waals surface area contributed by atoms with Crippen molar-refractivity contribution in [3.8, 4) is 0 Å². The van der Waals surface area contributed by atoms with Crippen molar-refractivity contribution in [2.24, 2.45) is 0 Å². The highest BCUT2D eigenvalue weighted by atomic mass is 32.2. The van der Waals surface area contributed by atoms with Crippen LogP contribution in [0.3, 0.4) is 0 Å². The number of aliphatic carboxylic acids is 1. The Kier molecular flexibility index (Phi) is 5.38. The van der Waals surface area contributed by atoms with Crippen LogP contribution in [0.2, 0.25) is 0 Å². The van der Waals surface area contributed by atoms with E-state index in [0.717, 1.165) is 11.8 Å². The molecule has 1 amide bonds. The van der Waals surface area contributed by atoms with Gasteiger partial charge in [0.05, 0.1) is 13.2 Å². The van der Waals surface area contributed by atoms with Crippen molar-refractivity contribution >= 4 is 21.7 Å². The first-order chi connectivity index (χ1) is 10.8. The standard InChI is InChI=1S/C15H19NO6S/c1-23(20,21)13(9-11-5-3-2-4-6-11)14(17)16-7-8-22-12(10-16)15(18)19/h2-6,12-13H,7-10H2,1H3,(H,18,19)/t12-,13+/m1/s1. The monoisotopic (exact) mass is 341 g/mol. The first-order valence-corrected chi connectivity index (χ1v) is 9.10. The molecule has 0 unspecified atom stereocenters. The minimum Gasteiger partial charge on any atom is -0.479 e. The van der Waals surface area contributed by atoms with Crippen LogP contribution in [-0.2, 0) is 30.6 Å². The number of sulfone groups is 1. The Labute approximate surface area is 134 Å². The van der Waals surface area contributed by atoms with Gasteiger partial charge in [0.15, 0.2) is 15.9 Å². The number of benzene rings is 1. The summed E-state index contributed by atoms with van der Waals surface area (Å²) in [5.41, 5.74) is 0.735. The molecule has 1 aromatic carbocycles. The van der Waals surface area contributed by atoms with Gasteiger partial charge in [0.25, 0.3) is 0 Å². The maximum atomic E-state index is 12.6. The summed E-state index contributed by atoms with van der Waals surface area (Å²) in [5.74, 6) is -1.74. The van der Waals surface area contributed by atoms with Crippen LogP contribution < -0.4 is 0 Å². The van der Waals surface area contributed by atoms with Gasteiger partial charge < -0.3 is 14.7 Å². The molecule has 1 N–H and O–H groups in total. The van der Waals surface area contributed by atoms with Crippen LogP contribution in [-0.4, -0.2) is 67.6 Å². The fraction of sp³-hybridized carbons (Fsp3) is 0.467. The molecule has 0 spiro atoms. The van der Waals surface area contributed by atoms with Crippen LogP contribution in [0.15, 0.2) is 30.3 Å². The molecule has 0 aromatic heterocycles. The number of carbonyl (C=O) groups is 2. The van der Waals surface area contributed by atoms with Gasteiger partial charge in [0.2, 0.25) is 5.91 Å². The van der Waals surface area contributed by atoms with Gasteiger partial charge in [0.1, 0.15) is 5.25 Å². The van der Waals surface area contributed by atoms with E-state index < -0.39 is 33.1 Å². The van der Waals surface area contributed by atoms with Crippen LogP contribution in [0.5, 0.6) is 0 Å². The number of nitrogens with zero attached hydrogens (tertiary/aromatic N) is 1. The number of morpholine rings is 1. The fourth-order valence-corrected chi connectivity index (χ4v) is 3.46. The Hall–Kier alpha value is -1.93. The molecule has 2 atom stereocenters. The van der Waals surface area contributed by atoms with E-state index in [1.807, 2.05) is 0 Å². The summed E-state index contributed by atoms with van der Waals surface area (Å²) in [4.78, 5) is 24.9. The predicted octanol–water partition coefficient (Wildman–Crippen LogP) is -0.0457. The minimum absolute atomic E-state index is 0.0631. The maximum absolute atomic E-state index is 12.6. The molecular formula is C15H19NO6S. The third-order valence-corrected chi connectivity index (χ3v) is 5.11. The Bertz CT molecular complexity index is 672. The second-order valence-electron chi connectivity index (χ2n) is 5.49. The highest BCUT2D eigenvalue weighted by Gasteiger charge is 2.36. The molecule has 1 saturated heterocycles. The molecular weight excluding hydrogens is 322 g/mol. The number of carboxylic acids is 1. The van der Waals surface area contributed by atoms with Gasteiger partial charge in [-0.3, -0.25) is 4.79 Å². The van der Waals surface area contributed by atoms with E-state index in [4.69, 9.17) is 9.84 Å². The molecule has 1 heterocycles. The fourth-order valence-electron chi connectivity index (χ4n) is 2.45. The van der Waals surface area contributed by atoms with Gasteiger partial charge in [0, 0.05) is 12.8 Å². The number of hydrogen-bond donors (Lipinski definition) is 1. The number of rotatable bonds is 5. The Morgan fingerprint density at radius 1 is 1.35 bits per heavy atom. The summed E-state index contributed by atoms with van der Waals surface area (Å²) in [5, 5.41) is 7.77. The van der Waals surface area contributed by atoms with E-state index in [0.29, 0.717) is 0 Å². The number of carbonyl (C=O) groups excluding carboxylic acids is 1. The normalized spacial score (nSPS) is 20.0. The number of amides is 1. The Balaban J connectivity index is 2.19. The zero-order valence-corrected chi connectivity index (χ0v) is 13.5. The van der Waals surface area contributed by atoms with Crippen molar-refractivity contribution in [2.75, 3.05) is 26.0 Å². The van der Waals surface area contributed by atoms with Crippen LogP contribution in [0.25, 0.3) is 0 Å². The van der Waals surface area contributed by atoms with Crippen molar-refractivity contribution in [3.63, 3.8) is 0 Å². The van der Waals surface area contributed by atoms with E-state index in [1.165, 1.54) is 4.90 Å². The third-order valence-electron chi connectivity index (χ3n) is 3.71. The van der Waals surface area contributed by atoms with Gasteiger partial charge in [-0.05, 0) is 12.0 Å². The summed E-state index contributed by atoms with van der Waals surface area (Å²) in [7, 11) is -3.63. The van der Waals surface area contributed by atoms with E-state index in [-0.39, 0.29) is 26.1 Å². The first-order valence-electron chi connectivity index (χ1n) is 7.15. The zero-order valence-electron chi connectivity index (χ0n) is 12.7. The predicted molar refractivity (Wildman–Crippen MR) is 82.7 cm³/mol. The second-order valence-corrected chi connectivity index (χ2v) is 7.72. The molecule has 23 heavy (non-hydrogen) atoms. The molecule has 2 rings (SSSR count). The Morgan fingerprint density at radius 2 is 2.00 bits per heavy atom. The Morgan fingerprint density at radius 3 is 2.57 bits per heavy atom. The molecule has 0 bridgehead atoms. The molecule has 1 aliphatic rings. The summed E-state index contributed by atoms with van der Waals surface area (Å²) >= 11 is 0. The third kappa shape index (κ3) is 4.52. The number of ether oxygens (including phenoxy) is 1. The summed E-state index contributed by atoms with van der Waals surface area (Å²) in [6, 6.07) is 8.86. The topological polar surface area (TPSA) is 101 Å². The van der Waals surface area contributed by atoms with Crippen LogP contribution in [0.4, 0.5) is 0 Å². The van der Waals surface area contributed by atoms with Gasteiger partial charge in [-0.1, -0.05) is 30.3 Å². The average Bonchev–Trinajstić information content (AvgIpc) is 2.52.